The van der Waals surface area contributed by atoms with Crippen molar-refractivity contribution < 1.29 is 14.4 Å². The van der Waals surface area contributed by atoms with Gasteiger partial charge in [-0.1, -0.05) is 11.6 Å². The molecule has 6 nitrogen and oxygen atoms in total. The molecule has 0 spiro atoms. The number of H-pyrrole nitrogens is 1. The van der Waals surface area contributed by atoms with E-state index in [-0.39, 0.29) is 11.6 Å². The molecule has 0 unspecified atom stereocenters. The second-order valence-electron chi connectivity index (χ2n) is 4.23. The number of carbonyl (C=O) groups is 2. The number of aromatic nitrogens is 1. The monoisotopic (exact) mass is 295 g/mol. The minimum atomic E-state index is -0.399. The van der Waals surface area contributed by atoms with Gasteiger partial charge in [-0.05, 0) is 18.2 Å². The van der Waals surface area contributed by atoms with Crippen molar-refractivity contribution in [1.29, 1.82) is 0 Å². The number of nitrogens with zero attached hydrogens (tertiary/aromatic N) is 1. The van der Waals surface area contributed by atoms with Crippen LogP contribution in [0.25, 0.3) is 10.9 Å². The van der Waals surface area contributed by atoms with Crippen molar-refractivity contribution in [3.63, 3.8) is 0 Å². The summed E-state index contributed by atoms with van der Waals surface area (Å²) >= 11 is 5.93. The fraction of sp³-hybridized carbons (Fsp3) is 0.231. The summed E-state index contributed by atoms with van der Waals surface area (Å²) in [5.74, 6) is -0.668. The maximum absolute atomic E-state index is 12.2. The van der Waals surface area contributed by atoms with Gasteiger partial charge in [-0.15, -0.1) is 0 Å². The smallest absolute Gasteiger partial charge is 0.295 e. The van der Waals surface area contributed by atoms with Crippen LogP contribution in [-0.4, -0.2) is 36.0 Å². The number of hydrogen-bond acceptors (Lipinski definition) is 3. The van der Waals surface area contributed by atoms with Gasteiger partial charge in [-0.3, -0.25) is 14.4 Å². The minimum absolute atomic E-state index is 0.238. The Balaban J connectivity index is 2.62. The first-order valence-corrected chi connectivity index (χ1v) is 6.22. The third kappa shape index (κ3) is 2.61. The average molecular weight is 296 g/mol. The van der Waals surface area contributed by atoms with E-state index in [4.69, 9.17) is 16.4 Å². The molecule has 1 aromatic carbocycles. The summed E-state index contributed by atoms with van der Waals surface area (Å²) in [6.45, 7) is 1.38. The molecule has 1 heterocycles. The van der Waals surface area contributed by atoms with Crippen molar-refractivity contribution in [2.45, 2.75) is 6.92 Å². The summed E-state index contributed by atoms with van der Waals surface area (Å²) in [5.41, 5.74) is 1.31. The number of nitrogens with one attached hydrogen (secondary N) is 2. The molecule has 7 heteroatoms. The summed E-state index contributed by atoms with van der Waals surface area (Å²) in [6.07, 6.45) is 0. The van der Waals surface area contributed by atoms with Crippen LogP contribution in [0.2, 0.25) is 5.02 Å². The maximum Gasteiger partial charge on any atom is 0.295 e. The third-order valence-corrected chi connectivity index (χ3v) is 3.07. The molecule has 0 atom stereocenters. The standard InChI is InChI=1S/C13H14ClN3O3/c1-7(18)15-11-9-5-4-8(14)6-10(9)16-12(11)13(19)17(2)20-3/h4-6,16H,1-3H3,(H,15,18). The Morgan fingerprint density at radius 3 is 2.70 bits per heavy atom. The fourth-order valence-corrected chi connectivity index (χ4v) is 2.05. The lowest BCUT2D eigenvalue weighted by molar-refractivity contribution is -0.114. The molecule has 2 aromatic rings. The van der Waals surface area contributed by atoms with Crippen LogP contribution in [0.1, 0.15) is 17.4 Å². The topological polar surface area (TPSA) is 74.4 Å². The molecule has 0 bridgehead atoms. The molecule has 0 fully saturated rings. The highest BCUT2D eigenvalue weighted by Gasteiger charge is 2.21. The summed E-state index contributed by atoms with van der Waals surface area (Å²) in [4.78, 5) is 31.4. The number of hydroxylamine groups is 2. The largest absolute Gasteiger partial charge is 0.349 e. The molecule has 0 aliphatic carbocycles. The molecule has 0 aliphatic rings. The van der Waals surface area contributed by atoms with Gasteiger partial charge in [0.05, 0.1) is 12.8 Å². The highest BCUT2D eigenvalue weighted by molar-refractivity contribution is 6.31. The molecular weight excluding hydrogens is 282 g/mol. The Labute approximate surface area is 120 Å². The van der Waals surface area contributed by atoms with Crippen LogP contribution >= 0.6 is 11.6 Å². The van der Waals surface area contributed by atoms with Crippen LogP contribution < -0.4 is 5.32 Å². The number of aromatic amines is 1. The van der Waals surface area contributed by atoms with Crippen LogP contribution in [-0.2, 0) is 9.63 Å². The van der Waals surface area contributed by atoms with E-state index in [0.29, 0.717) is 21.6 Å². The first-order chi connectivity index (χ1) is 9.43. The van der Waals surface area contributed by atoms with Crippen molar-refractivity contribution >= 4 is 40.0 Å². The third-order valence-electron chi connectivity index (χ3n) is 2.84. The van der Waals surface area contributed by atoms with E-state index in [1.54, 1.807) is 18.2 Å². The number of rotatable bonds is 3. The van der Waals surface area contributed by atoms with Crippen LogP contribution in [0.15, 0.2) is 18.2 Å². The predicted octanol–water partition coefficient (Wildman–Crippen LogP) is 2.41. The van der Waals surface area contributed by atoms with Crippen molar-refractivity contribution in [2.75, 3.05) is 19.5 Å². The van der Waals surface area contributed by atoms with E-state index in [2.05, 4.69) is 10.3 Å². The van der Waals surface area contributed by atoms with Gasteiger partial charge in [-0.2, -0.15) is 0 Å². The zero-order valence-corrected chi connectivity index (χ0v) is 12.0. The van der Waals surface area contributed by atoms with Crippen LogP contribution in [0.3, 0.4) is 0 Å². The molecule has 106 valence electrons. The Morgan fingerprint density at radius 1 is 1.40 bits per heavy atom. The van der Waals surface area contributed by atoms with E-state index in [9.17, 15) is 9.59 Å². The first-order valence-electron chi connectivity index (χ1n) is 5.85. The Kier molecular flexibility index (Phi) is 3.96. The van der Waals surface area contributed by atoms with Crippen LogP contribution in [0, 0.1) is 0 Å². The lowest BCUT2D eigenvalue weighted by Crippen LogP contribution is -2.26. The number of carbonyl (C=O) groups excluding carboxylic acids is 2. The summed E-state index contributed by atoms with van der Waals surface area (Å²) in [5, 5.41) is 4.97. The van der Waals surface area contributed by atoms with Gasteiger partial charge in [0, 0.05) is 29.9 Å². The Bertz CT molecular complexity index is 681. The Hall–Kier alpha value is -2.05. The molecule has 2 rings (SSSR count). The van der Waals surface area contributed by atoms with Gasteiger partial charge in [0.25, 0.3) is 5.91 Å². The van der Waals surface area contributed by atoms with E-state index < -0.39 is 5.91 Å². The molecule has 20 heavy (non-hydrogen) atoms. The van der Waals surface area contributed by atoms with Crippen molar-refractivity contribution in [1.82, 2.24) is 10.0 Å². The normalized spacial score (nSPS) is 10.6. The fourth-order valence-electron chi connectivity index (χ4n) is 1.88. The zero-order chi connectivity index (χ0) is 14.9. The molecular formula is C13H14ClN3O3. The maximum atomic E-state index is 12.2. The van der Waals surface area contributed by atoms with Crippen LogP contribution in [0.5, 0.6) is 0 Å². The SMILES string of the molecule is CON(C)C(=O)c1[nH]c2cc(Cl)ccc2c1NC(C)=O. The molecule has 0 saturated heterocycles. The first kappa shape index (κ1) is 14.4. The number of hydrogen-bond donors (Lipinski definition) is 2. The molecule has 2 N–H and O–H groups in total. The number of fused-ring (bicyclic) bond motifs is 1. The summed E-state index contributed by atoms with van der Waals surface area (Å²) in [7, 11) is 2.87. The van der Waals surface area contributed by atoms with E-state index in [1.165, 1.54) is 21.1 Å². The molecule has 0 aliphatic heterocycles. The predicted molar refractivity (Wildman–Crippen MR) is 76.7 cm³/mol. The molecule has 0 radical (unpaired) electrons. The lowest BCUT2D eigenvalue weighted by atomic mass is 10.2. The van der Waals surface area contributed by atoms with E-state index >= 15 is 0 Å². The van der Waals surface area contributed by atoms with Crippen molar-refractivity contribution in [2.24, 2.45) is 0 Å². The van der Waals surface area contributed by atoms with Crippen LogP contribution in [0.4, 0.5) is 5.69 Å². The van der Waals surface area contributed by atoms with Crippen molar-refractivity contribution in [3.8, 4) is 0 Å². The van der Waals surface area contributed by atoms with Crippen molar-refractivity contribution in [3.05, 3.63) is 28.9 Å². The van der Waals surface area contributed by atoms with Gasteiger partial charge in [0.1, 0.15) is 5.69 Å². The molecule has 2 amide bonds. The average Bonchev–Trinajstić information content (AvgIpc) is 2.74. The molecule has 1 aromatic heterocycles. The molecule has 0 saturated carbocycles. The Morgan fingerprint density at radius 2 is 2.10 bits per heavy atom. The highest BCUT2D eigenvalue weighted by atomic mass is 35.5. The minimum Gasteiger partial charge on any atom is -0.349 e. The van der Waals surface area contributed by atoms with Gasteiger partial charge >= 0.3 is 0 Å². The van der Waals surface area contributed by atoms with E-state index in [0.717, 1.165) is 5.06 Å². The summed E-state index contributed by atoms with van der Waals surface area (Å²) in [6, 6.07) is 5.12. The lowest BCUT2D eigenvalue weighted by Gasteiger charge is -2.13. The number of amides is 2. The summed E-state index contributed by atoms with van der Waals surface area (Å²) < 4.78 is 0. The van der Waals surface area contributed by atoms with Gasteiger partial charge in [0.2, 0.25) is 5.91 Å². The number of halogens is 1. The second-order valence-corrected chi connectivity index (χ2v) is 4.67. The van der Waals surface area contributed by atoms with Gasteiger partial charge < -0.3 is 10.3 Å². The number of benzene rings is 1. The zero-order valence-electron chi connectivity index (χ0n) is 11.3. The number of anilines is 1. The quantitative estimate of drug-likeness (QED) is 0.854. The van der Waals surface area contributed by atoms with E-state index in [1.807, 2.05) is 0 Å². The second kappa shape index (κ2) is 5.52. The van der Waals surface area contributed by atoms with Gasteiger partial charge in [0.15, 0.2) is 0 Å². The van der Waals surface area contributed by atoms with Gasteiger partial charge in [-0.25, -0.2) is 5.06 Å². The highest BCUT2D eigenvalue weighted by Crippen LogP contribution is 2.30.